The molecule has 1 aliphatic rings. The standard InChI is InChI=1S/C30H52O3Si/c1-7-8-9-10-11-12-13-14-15-20-29(31)32-28-19-17-16-18-27(28)25-21-23-26(24-22-25)33-34(5,6)30(2,3)4/h21-24,27-28H,7-20H2,1-6H3. The monoisotopic (exact) mass is 488 g/mol. The van der Waals surface area contributed by atoms with Gasteiger partial charge in [0.15, 0.2) is 0 Å². The third kappa shape index (κ3) is 9.75. The summed E-state index contributed by atoms with van der Waals surface area (Å²) >= 11 is 0. The van der Waals surface area contributed by atoms with Crippen molar-refractivity contribution in [1.82, 2.24) is 0 Å². The minimum absolute atomic E-state index is 0.00211. The van der Waals surface area contributed by atoms with Gasteiger partial charge in [-0.2, -0.15) is 0 Å². The highest BCUT2D eigenvalue weighted by atomic mass is 28.4. The maximum Gasteiger partial charge on any atom is 0.306 e. The Labute approximate surface area is 211 Å². The second-order valence-corrected chi connectivity index (χ2v) is 16.7. The van der Waals surface area contributed by atoms with Crippen molar-refractivity contribution in [1.29, 1.82) is 0 Å². The molecule has 1 fully saturated rings. The van der Waals surface area contributed by atoms with E-state index in [4.69, 9.17) is 9.16 Å². The summed E-state index contributed by atoms with van der Waals surface area (Å²) in [5.41, 5.74) is 1.28. The Morgan fingerprint density at radius 1 is 0.882 bits per heavy atom. The number of esters is 1. The average Bonchev–Trinajstić information content (AvgIpc) is 2.78. The van der Waals surface area contributed by atoms with E-state index in [1.54, 1.807) is 0 Å². The van der Waals surface area contributed by atoms with Crippen LogP contribution in [0.25, 0.3) is 0 Å². The van der Waals surface area contributed by atoms with Gasteiger partial charge in [-0.1, -0.05) is 97.6 Å². The third-order valence-corrected chi connectivity index (χ3v) is 12.3. The first-order valence-corrected chi connectivity index (χ1v) is 17.0. The molecule has 1 aliphatic carbocycles. The van der Waals surface area contributed by atoms with Gasteiger partial charge in [-0.15, -0.1) is 0 Å². The lowest BCUT2D eigenvalue weighted by atomic mass is 9.81. The van der Waals surface area contributed by atoms with Crippen LogP contribution in [0.4, 0.5) is 0 Å². The first-order chi connectivity index (χ1) is 16.1. The van der Waals surface area contributed by atoms with Crippen molar-refractivity contribution in [3.8, 4) is 5.75 Å². The van der Waals surface area contributed by atoms with E-state index in [0.717, 1.165) is 37.9 Å². The Kier molecular flexibility index (Phi) is 12.2. The van der Waals surface area contributed by atoms with E-state index in [1.165, 1.54) is 56.9 Å². The van der Waals surface area contributed by atoms with Gasteiger partial charge in [0.25, 0.3) is 0 Å². The van der Waals surface area contributed by atoms with Gasteiger partial charge in [-0.25, -0.2) is 0 Å². The van der Waals surface area contributed by atoms with Crippen molar-refractivity contribution in [2.75, 3.05) is 0 Å². The van der Waals surface area contributed by atoms with Gasteiger partial charge in [-0.3, -0.25) is 4.79 Å². The molecular formula is C30H52O3Si. The molecule has 1 saturated carbocycles. The first-order valence-electron chi connectivity index (χ1n) is 14.1. The van der Waals surface area contributed by atoms with Crippen molar-refractivity contribution in [2.24, 2.45) is 0 Å². The molecule has 0 aliphatic heterocycles. The molecule has 2 unspecified atom stereocenters. The topological polar surface area (TPSA) is 35.5 Å². The highest BCUT2D eigenvalue weighted by Gasteiger charge is 2.39. The number of carbonyl (C=O) groups is 1. The molecule has 0 amide bonds. The minimum atomic E-state index is -1.84. The van der Waals surface area contributed by atoms with Crippen LogP contribution in [0, 0.1) is 0 Å². The zero-order valence-electron chi connectivity index (χ0n) is 23.1. The zero-order chi connectivity index (χ0) is 25.0. The predicted octanol–water partition coefficient (Wildman–Crippen LogP) is 9.56. The van der Waals surface area contributed by atoms with Gasteiger partial charge in [0.1, 0.15) is 11.9 Å². The van der Waals surface area contributed by atoms with Crippen LogP contribution >= 0.6 is 0 Å². The van der Waals surface area contributed by atoms with Crippen LogP contribution in [0.2, 0.25) is 18.1 Å². The number of unbranched alkanes of at least 4 members (excludes halogenated alkanes) is 8. The Bertz CT molecular complexity index is 705. The number of benzene rings is 1. The molecule has 0 heterocycles. The molecule has 1 aromatic rings. The van der Waals surface area contributed by atoms with Crippen molar-refractivity contribution in [3.05, 3.63) is 29.8 Å². The van der Waals surface area contributed by atoms with Crippen molar-refractivity contribution >= 4 is 14.3 Å². The van der Waals surface area contributed by atoms with E-state index in [-0.39, 0.29) is 17.1 Å². The van der Waals surface area contributed by atoms with Gasteiger partial charge in [0.05, 0.1) is 0 Å². The first kappa shape index (κ1) is 28.9. The summed E-state index contributed by atoms with van der Waals surface area (Å²) in [7, 11) is -1.84. The zero-order valence-corrected chi connectivity index (χ0v) is 24.1. The normalized spacial score (nSPS) is 19.1. The molecule has 0 spiro atoms. The quantitative estimate of drug-likeness (QED) is 0.148. The van der Waals surface area contributed by atoms with Gasteiger partial charge in [0, 0.05) is 12.3 Å². The lowest BCUT2D eigenvalue weighted by Gasteiger charge is -2.36. The van der Waals surface area contributed by atoms with Crippen LogP contribution in [0.3, 0.4) is 0 Å². The molecule has 1 aromatic carbocycles. The van der Waals surface area contributed by atoms with E-state index in [9.17, 15) is 4.79 Å². The third-order valence-electron chi connectivity index (χ3n) is 7.96. The SMILES string of the molecule is CCCCCCCCCCCC(=O)OC1CCCCC1c1ccc(O[Si](C)(C)C(C)(C)C)cc1. The van der Waals surface area contributed by atoms with Crippen LogP contribution < -0.4 is 4.43 Å². The lowest BCUT2D eigenvalue weighted by molar-refractivity contribution is -0.151. The number of rotatable bonds is 14. The summed E-state index contributed by atoms with van der Waals surface area (Å²) in [5, 5.41) is 0.184. The molecule has 3 nitrogen and oxygen atoms in total. The van der Waals surface area contributed by atoms with Crippen molar-refractivity contribution in [2.45, 2.75) is 148 Å². The molecule has 4 heteroatoms. The summed E-state index contributed by atoms with van der Waals surface area (Å²) in [6, 6.07) is 8.62. The summed E-state index contributed by atoms with van der Waals surface area (Å²) in [6.07, 6.45) is 16.4. The Hall–Kier alpha value is -1.29. The lowest BCUT2D eigenvalue weighted by Crippen LogP contribution is -2.43. The van der Waals surface area contributed by atoms with Crippen LogP contribution in [-0.2, 0) is 9.53 Å². The fourth-order valence-corrected chi connectivity index (χ4v) is 5.69. The van der Waals surface area contributed by atoms with Crippen LogP contribution in [0.15, 0.2) is 24.3 Å². The highest BCUT2D eigenvalue weighted by molar-refractivity contribution is 6.74. The van der Waals surface area contributed by atoms with Gasteiger partial charge >= 0.3 is 5.97 Å². The maximum absolute atomic E-state index is 12.6. The minimum Gasteiger partial charge on any atom is -0.544 e. The summed E-state index contributed by atoms with van der Waals surface area (Å²) in [6.45, 7) is 13.6. The van der Waals surface area contributed by atoms with Crippen LogP contribution in [0.1, 0.15) is 129 Å². The summed E-state index contributed by atoms with van der Waals surface area (Å²) in [5.74, 6) is 1.27. The number of hydrogen-bond donors (Lipinski definition) is 0. The molecule has 0 bridgehead atoms. The molecule has 194 valence electrons. The second kappa shape index (κ2) is 14.3. The van der Waals surface area contributed by atoms with Gasteiger partial charge in [0.2, 0.25) is 8.32 Å². The maximum atomic E-state index is 12.6. The molecule has 2 rings (SSSR count). The Morgan fingerprint density at radius 2 is 1.44 bits per heavy atom. The molecule has 34 heavy (non-hydrogen) atoms. The van der Waals surface area contributed by atoms with E-state index >= 15 is 0 Å². The second-order valence-electron chi connectivity index (χ2n) is 11.9. The molecule has 0 radical (unpaired) electrons. The smallest absolute Gasteiger partial charge is 0.306 e. The van der Waals surface area contributed by atoms with Gasteiger partial charge in [-0.05, 0) is 61.5 Å². The molecule has 0 N–H and O–H groups in total. The molecule has 0 saturated heterocycles. The molecular weight excluding hydrogens is 436 g/mol. The fraction of sp³-hybridized carbons (Fsp3) is 0.767. The Balaban J connectivity index is 1.79. The van der Waals surface area contributed by atoms with Crippen molar-refractivity contribution < 1.29 is 14.0 Å². The van der Waals surface area contributed by atoms with E-state index < -0.39 is 8.32 Å². The number of carbonyl (C=O) groups excluding carboxylic acids is 1. The average molecular weight is 489 g/mol. The summed E-state index contributed by atoms with van der Waals surface area (Å²) < 4.78 is 12.5. The van der Waals surface area contributed by atoms with E-state index in [0.29, 0.717) is 12.3 Å². The predicted molar refractivity (Wildman–Crippen MR) is 147 cm³/mol. The molecule has 0 aromatic heterocycles. The largest absolute Gasteiger partial charge is 0.544 e. The molecule has 2 atom stereocenters. The van der Waals surface area contributed by atoms with Crippen molar-refractivity contribution in [3.63, 3.8) is 0 Å². The Morgan fingerprint density at radius 3 is 2.03 bits per heavy atom. The van der Waals surface area contributed by atoms with E-state index in [2.05, 4.69) is 65.1 Å². The fourth-order valence-electron chi connectivity index (χ4n) is 4.66. The van der Waals surface area contributed by atoms with Crippen LogP contribution in [-0.4, -0.2) is 20.4 Å². The van der Waals surface area contributed by atoms with Crippen LogP contribution in [0.5, 0.6) is 5.75 Å². The number of ether oxygens (including phenoxy) is 1. The number of hydrogen-bond acceptors (Lipinski definition) is 3. The highest BCUT2D eigenvalue weighted by Crippen LogP contribution is 2.39. The van der Waals surface area contributed by atoms with Gasteiger partial charge < -0.3 is 9.16 Å². The van der Waals surface area contributed by atoms with E-state index in [1.807, 2.05) is 0 Å². The summed E-state index contributed by atoms with van der Waals surface area (Å²) in [4.78, 5) is 12.6.